The fourth-order valence-electron chi connectivity index (χ4n) is 10.5. The molecule has 1 aromatic carbocycles. The van der Waals surface area contributed by atoms with Gasteiger partial charge in [-0.3, -0.25) is 0 Å². The molecule has 8 saturated carbocycles. The Morgan fingerprint density at radius 2 is 1.00 bits per heavy atom. The first-order valence-electron chi connectivity index (χ1n) is 12.6. The lowest BCUT2D eigenvalue weighted by Crippen LogP contribution is -2.70. The molecule has 0 amide bonds. The van der Waals surface area contributed by atoms with Crippen LogP contribution in [-0.4, -0.2) is 22.2 Å². The van der Waals surface area contributed by atoms with E-state index in [-0.39, 0.29) is 0 Å². The number of carbonyl (C=O) groups is 1. The van der Waals surface area contributed by atoms with Crippen LogP contribution in [0.5, 0.6) is 0 Å². The summed E-state index contributed by atoms with van der Waals surface area (Å²) < 4.78 is 0. The van der Waals surface area contributed by atoms with Gasteiger partial charge in [-0.05, 0) is 137 Å². The lowest BCUT2D eigenvalue weighted by Gasteiger charge is -2.69. The highest BCUT2D eigenvalue weighted by atomic mass is 16.4. The first-order chi connectivity index (χ1) is 14.5. The molecule has 3 nitrogen and oxygen atoms in total. The molecule has 8 aliphatic rings. The fraction of sp³-hybridized carbons (Fsp3) is 0.741. The Morgan fingerprint density at radius 3 is 1.30 bits per heavy atom. The zero-order valence-electron chi connectivity index (χ0n) is 18.1. The molecule has 8 aliphatic carbocycles. The number of carboxylic acid groups (broad SMARTS) is 1. The topological polar surface area (TPSA) is 40.5 Å². The zero-order valence-corrected chi connectivity index (χ0v) is 18.1. The molecule has 0 spiro atoms. The molecule has 8 bridgehead atoms. The van der Waals surface area contributed by atoms with Crippen LogP contribution in [0.3, 0.4) is 0 Å². The predicted octanol–water partition coefficient (Wildman–Crippen LogP) is 6.13. The Hall–Kier alpha value is -1.51. The van der Waals surface area contributed by atoms with Crippen molar-refractivity contribution in [3.05, 3.63) is 29.8 Å². The number of benzene rings is 1. The van der Waals surface area contributed by atoms with E-state index in [1.807, 2.05) is 12.1 Å². The smallest absolute Gasteiger partial charge is 0.335 e. The molecule has 160 valence electrons. The first-order valence-corrected chi connectivity index (χ1v) is 12.6. The number of nitrogens with zero attached hydrogens (tertiary/aromatic N) is 1. The Morgan fingerprint density at radius 1 is 0.667 bits per heavy atom. The van der Waals surface area contributed by atoms with Gasteiger partial charge in [0.1, 0.15) is 0 Å². The summed E-state index contributed by atoms with van der Waals surface area (Å²) in [6, 6.07) is 8.07. The van der Waals surface area contributed by atoms with Crippen molar-refractivity contribution in [1.82, 2.24) is 0 Å². The van der Waals surface area contributed by atoms with Crippen LogP contribution in [0.4, 0.5) is 5.69 Å². The fourth-order valence-corrected chi connectivity index (χ4v) is 10.5. The number of carboxylic acids is 1. The number of hydrogen-bond donors (Lipinski definition) is 1. The van der Waals surface area contributed by atoms with Crippen LogP contribution in [0.15, 0.2) is 24.3 Å². The highest BCUT2D eigenvalue weighted by Crippen LogP contribution is 2.65. The zero-order chi connectivity index (χ0) is 20.1. The van der Waals surface area contributed by atoms with E-state index in [0.717, 1.165) is 35.5 Å². The second kappa shape index (κ2) is 6.04. The van der Waals surface area contributed by atoms with Crippen molar-refractivity contribution < 1.29 is 9.90 Å². The van der Waals surface area contributed by atoms with Crippen LogP contribution in [0.25, 0.3) is 0 Å². The summed E-state index contributed by atoms with van der Waals surface area (Å²) in [5.41, 5.74) is 2.44. The van der Waals surface area contributed by atoms with Crippen molar-refractivity contribution in [3.63, 3.8) is 0 Å². The molecule has 0 saturated heterocycles. The predicted molar refractivity (Wildman–Crippen MR) is 118 cm³/mol. The summed E-state index contributed by atoms with van der Waals surface area (Å²) in [7, 11) is 0. The first kappa shape index (κ1) is 18.1. The highest BCUT2D eigenvalue weighted by molar-refractivity contribution is 5.88. The van der Waals surface area contributed by atoms with Gasteiger partial charge in [-0.1, -0.05) is 0 Å². The van der Waals surface area contributed by atoms with Gasteiger partial charge >= 0.3 is 5.97 Å². The van der Waals surface area contributed by atoms with E-state index in [1.165, 1.54) is 82.7 Å². The molecule has 0 atom stereocenters. The van der Waals surface area contributed by atoms with Crippen LogP contribution < -0.4 is 4.90 Å². The summed E-state index contributed by atoms with van der Waals surface area (Å²) in [5, 5.41) is 9.46. The lowest BCUT2D eigenvalue weighted by molar-refractivity contribution is -0.0559. The minimum Gasteiger partial charge on any atom is -0.478 e. The van der Waals surface area contributed by atoms with E-state index in [2.05, 4.69) is 17.0 Å². The van der Waals surface area contributed by atoms with Gasteiger partial charge in [-0.2, -0.15) is 0 Å². The summed E-state index contributed by atoms with van der Waals surface area (Å²) in [4.78, 5) is 14.5. The van der Waals surface area contributed by atoms with Crippen LogP contribution in [-0.2, 0) is 0 Å². The Balaban J connectivity index is 1.35. The van der Waals surface area contributed by atoms with Gasteiger partial charge in [-0.25, -0.2) is 4.79 Å². The molecular weight excluding hydrogens is 370 g/mol. The van der Waals surface area contributed by atoms with Crippen LogP contribution >= 0.6 is 0 Å². The van der Waals surface area contributed by atoms with Crippen molar-refractivity contribution in [2.24, 2.45) is 35.5 Å². The maximum atomic E-state index is 11.5. The molecule has 1 aromatic rings. The second-order valence-corrected chi connectivity index (χ2v) is 12.5. The second-order valence-electron chi connectivity index (χ2n) is 12.5. The number of hydrogen-bond acceptors (Lipinski definition) is 2. The molecule has 9 rings (SSSR count). The monoisotopic (exact) mass is 405 g/mol. The summed E-state index contributed by atoms with van der Waals surface area (Å²) in [6.07, 6.45) is 17.2. The molecule has 3 heteroatoms. The summed E-state index contributed by atoms with van der Waals surface area (Å²) in [6.45, 7) is 0. The minimum atomic E-state index is -0.808. The van der Waals surface area contributed by atoms with Gasteiger partial charge in [0.25, 0.3) is 0 Å². The SMILES string of the molecule is O=C(O)c1ccc(N(C23CC4CC(CC(C4)C2)C3)C23CC4CC(CC(C4)C2)C3)cc1. The molecule has 0 aliphatic heterocycles. The Labute approximate surface area is 180 Å². The van der Waals surface area contributed by atoms with Gasteiger partial charge in [0, 0.05) is 16.8 Å². The average molecular weight is 406 g/mol. The van der Waals surface area contributed by atoms with E-state index in [9.17, 15) is 9.90 Å². The van der Waals surface area contributed by atoms with E-state index in [0.29, 0.717) is 16.6 Å². The molecule has 30 heavy (non-hydrogen) atoms. The van der Waals surface area contributed by atoms with Crippen LogP contribution in [0.1, 0.15) is 87.4 Å². The van der Waals surface area contributed by atoms with Gasteiger partial charge in [0.05, 0.1) is 5.56 Å². The molecular formula is C27H35NO2. The lowest BCUT2D eigenvalue weighted by atomic mass is 9.48. The van der Waals surface area contributed by atoms with Gasteiger partial charge in [0.15, 0.2) is 0 Å². The van der Waals surface area contributed by atoms with Crippen molar-refractivity contribution in [2.75, 3.05) is 4.90 Å². The Bertz CT molecular complexity index is 757. The third kappa shape index (κ3) is 2.53. The van der Waals surface area contributed by atoms with Crippen LogP contribution in [0.2, 0.25) is 0 Å². The normalized spacial score (nSPS) is 47.6. The molecule has 0 unspecified atom stereocenters. The minimum absolute atomic E-state index is 0.338. The Kier molecular flexibility index (Phi) is 3.65. The van der Waals surface area contributed by atoms with Crippen molar-refractivity contribution in [3.8, 4) is 0 Å². The van der Waals surface area contributed by atoms with Crippen molar-refractivity contribution >= 4 is 11.7 Å². The van der Waals surface area contributed by atoms with Gasteiger partial charge in [0.2, 0.25) is 0 Å². The molecule has 0 radical (unpaired) electrons. The van der Waals surface area contributed by atoms with E-state index in [1.54, 1.807) is 0 Å². The molecule has 0 aromatic heterocycles. The third-order valence-electron chi connectivity index (χ3n) is 10.3. The standard InChI is InChI=1S/C27H35NO2/c29-25(30)23-1-3-24(4-2-23)28(26-11-17-5-18(12-26)7-19(6-17)13-26)27-14-20-8-21(15-27)10-22(9-20)16-27/h1-4,17-22H,5-16H2,(H,29,30). The van der Waals surface area contributed by atoms with E-state index >= 15 is 0 Å². The quantitative estimate of drug-likeness (QED) is 0.655. The van der Waals surface area contributed by atoms with Crippen molar-refractivity contribution in [2.45, 2.75) is 88.1 Å². The maximum Gasteiger partial charge on any atom is 0.335 e. The highest BCUT2D eigenvalue weighted by Gasteiger charge is 2.61. The molecule has 0 heterocycles. The van der Waals surface area contributed by atoms with Gasteiger partial charge in [-0.15, -0.1) is 0 Å². The number of anilines is 1. The molecule has 1 N–H and O–H groups in total. The third-order valence-corrected chi connectivity index (χ3v) is 10.3. The summed E-state index contributed by atoms with van der Waals surface area (Å²) in [5.74, 6) is 4.81. The number of rotatable bonds is 4. The average Bonchev–Trinajstić information content (AvgIpc) is 2.66. The number of aromatic carboxylic acids is 1. The maximum absolute atomic E-state index is 11.5. The van der Waals surface area contributed by atoms with E-state index < -0.39 is 5.97 Å². The largest absolute Gasteiger partial charge is 0.478 e. The van der Waals surface area contributed by atoms with Gasteiger partial charge < -0.3 is 10.0 Å². The van der Waals surface area contributed by atoms with Crippen LogP contribution in [0, 0.1) is 35.5 Å². The van der Waals surface area contributed by atoms with E-state index in [4.69, 9.17) is 0 Å². The van der Waals surface area contributed by atoms with Crippen molar-refractivity contribution in [1.29, 1.82) is 0 Å². The molecule has 8 fully saturated rings. The summed E-state index contributed by atoms with van der Waals surface area (Å²) >= 11 is 0.